The molecule has 0 bridgehead atoms. The zero-order chi connectivity index (χ0) is 12.1. The fraction of sp³-hybridized carbons (Fsp3) is 0.267. The molecule has 0 aliphatic rings. The van der Waals surface area contributed by atoms with Crippen molar-refractivity contribution in [2.45, 2.75) is 25.9 Å². The van der Waals surface area contributed by atoms with Crippen LogP contribution in [0.4, 0.5) is 0 Å². The maximum absolute atomic E-state index is 10.1. The zero-order valence-electron chi connectivity index (χ0n) is 10.0. The SMILES string of the molecule is Cc1cccc(C(O)CCc2ccccn2)c1. The molecule has 1 N–H and O–H groups in total. The predicted molar refractivity (Wildman–Crippen MR) is 68.7 cm³/mol. The number of benzene rings is 1. The van der Waals surface area contributed by atoms with E-state index in [-0.39, 0.29) is 0 Å². The predicted octanol–water partition coefficient (Wildman–Crippen LogP) is 3.06. The van der Waals surface area contributed by atoms with Crippen LogP contribution in [0.3, 0.4) is 0 Å². The van der Waals surface area contributed by atoms with Crippen molar-refractivity contribution >= 4 is 0 Å². The summed E-state index contributed by atoms with van der Waals surface area (Å²) in [5.74, 6) is 0. The van der Waals surface area contributed by atoms with Crippen LogP contribution >= 0.6 is 0 Å². The van der Waals surface area contributed by atoms with Crippen LogP contribution in [0.25, 0.3) is 0 Å². The summed E-state index contributed by atoms with van der Waals surface area (Å²) in [5, 5.41) is 10.1. The molecule has 0 radical (unpaired) electrons. The summed E-state index contributed by atoms with van der Waals surface area (Å²) >= 11 is 0. The minimum Gasteiger partial charge on any atom is -0.388 e. The van der Waals surface area contributed by atoms with Crippen LogP contribution in [0.5, 0.6) is 0 Å². The second kappa shape index (κ2) is 5.60. The van der Waals surface area contributed by atoms with E-state index in [2.05, 4.69) is 4.98 Å². The second-order valence-electron chi connectivity index (χ2n) is 4.29. The molecule has 88 valence electrons. The average Bonchev–Trinajstić information content (AvgIpc) is 2.37. The van der Waals surface area contributed by atoms with Gasteiger partial charge in [0.1, 0.15) is 0 Å². The molecule has 2 rings (SSSR count). The number of aliphatic hydroxyl groups is 1. The Morgan fingerprint density at radius 2 is 2.06 bits per heavy atom. The van der Waals surface area contributed by atoms with Gasteiger partial charge in [-0.15, -0.1) is 0 Å². The lowest BCUT2D eigenvalue weighted by Gasteiger charge is -2.11. The van der Waals surface area contributed by atoms with Crippen molar-refractivity contribution in [1.29, 1.82) is 0 Å². The molecule has 1 atom stereocenters. The van der Waals surface area contributed by atoms with Gasteiger partial charge in [0.05, 0.1) is 6.10 Å². The summed E-state index contributed by atoms with van der Waals surface area (Å²) in [4.78, 5) is 4.25. The molecule has 0 spiro atoms. The van der Waals surface area contributed by atoms with E-state index in [0.717, 1.165) is 17.7 Å². The third-order valence-corrected chi connectivity index (χ3v) is 2.83. The molecule has 0 saturated heterocycles. The molecule has 0 fully saturated rings. The first kappa shape index (κ1) is 11.8. The minimum atomic E-state index is -0.406. The summed E-state index contributed by atoms with van der Waals surface area (Å²) in [6.07, 6.45) is 2.89. The maximum Gasteiger partial charge on any atom is 0.0793 e. The van der Waals surface area contributed by atoms with Gasteiger partial charge in [-0.3, -0.25) is 4.98 Å². The number of hydrogen-bond acceptors (Lipinski definition) is 2. The van der Waals surface area contributed by atoms with Crippen LogP contribution in [0.2, 0.25) is 0 Å². The molecule has 17 heavy (non-hydrogen) atoms. The average molecular weight is 227 g/mol. The third-order valence-electron chi connectivity index (χ3n) is 2.83. The van der Waals surface area contributed by atoms with Crippen LogP contribution in [0, 0.1) is 6.92 Å². The Hall–Kier alpha value is -1.67. The Balaban J connectivity index is 1.96. The van der Waals surface area contributed by atoms with E-state index in [1.165, 1.54) is 5.56 Å². The van der Waals surface area contributed by atoms with Crippen molar-refractivity contribution in [3.05, 3.63) is 65.5 Å². The largest absolute Gasteiger partial charge is 0.388 e. The van der Waals surface area contributed by atoms with Crippen LogP contribution in [0.15, 0.2) is 48.7 Å². The number of nitrogens with zero attached hydrogens (tertiary/aromatic N) is 1. The number of aliphatic hydroxyl groups excluding tert-OH is 1. The lowest BCUT2D eigenvalue weighted by Crippen LogP contribution is -2.00. The van der Waals surface area contributed by atoms with Crippen LogP contribution < -0.4 is 0 Å². The van der Waals surface area contributed by atoms with Gasteiger partial charge in [0, 0.05) is 11.9 Å². The van der Waals surface area contributed by atoms with Gasteiger partial charge >= 0.3 is 0 Å². The Labute approximate surface area is 102 Å². The van der Waals surface area contributed by atoms with Crippen LogP contribution in [-0.2, 0) is 6.42 Å². The molecule has 2 heteroatoms. The summed E-state index contributed by atoms with van der Waals surface area (Å²) in [6.45, 7) is 2.04. The zero-order valence-corrected chi connectivity index (χ0v) is 10.0. The van der Waals surface area contributed by atoms with E-state index >= 15 is 0 Å². The molecule has 0 amide bonds. The Morgan fingerprint density at radius 3 is 2.76 bits per heavy atom. The maximum atomic E-state index is 10.1. The van der Waals surface area contributed by atoms with Gasteiger partial charge < -0.3 is 5.11 Å². The smallest absolute Gasteiger partial charge is 0.0793 e. The molecule has 1 unspecified atom stereocenters. The first-order valence-corrected chi connectivity index (χ1v) is 5.90. The molecule has 0 aliphatic heterocycles. The van der Waals surface area contributed by atoms with E-state index in [1.807, 2.05) is 49.4 Å². The molecule has 0 saturated carbocycles. The van der Waals surface area contributed by atoms with Crippen molar-refractivity contribution < 1.29 is 5.11 Å². The third kappa shape index (κ3) is 3.40. The van der Waals surface area contributed by atoms with Gasteiger partial charge in [-0.1, -0.05) is 35.9 Å². The standard InChI is InChI=1S/C15H17NO/c1-12-5-4-6-13(11-12)15(17)9-8-14-7-2-3-10-16-14/h2-7,10-11,15,17H,8-9H2,1H3. The molecule has 1 heterocycles. The van der Waals surface area contributed by atoms with E-state index in [0.29, 0.717) is 6.42 Å². The number of aryl methyl sites for hydroxylation is 2. The van der Waals surface area contributed by atoms with Crippen molar-refractivity contribution in [2.75, 3.05) is 0 Å². The molecule has 1 aromatic heterocycles. The molecule has 2 aromatic rings. The van der Waals surface area contributed by atoms with Gasteiger partial charge in [0.2, 0.25) is 0 Å². The Bertz CT molecular complexity index is 467. The van der Waals surface area contributed by atoms with Crippen molar-refractivity contribution in [1.82, 2.24) is 4.98 Å². The highest BCUT2D eigenvalue weighted by atomic mass is 16.3. The van der Waals surface area contributed by atoms with Gasteiger partial charge in [-0.2, -0.15) is 0 Å². The first-order valence-electron chi connectivity index (χ1n) is 5.90. The molecule has 0 aliphatic carbocycles. The Morgan fingerprint density at radius 1 is 1.18 bits per heavy atom. The van der Waals surface area contributed by atoms with Crippen molar-refractivity contribution in [3.8, 4) is 0 Å². The highest BCUT2D eigenvalue weighted by molar-refractivity contribution is 5.24. The van der Waals surface area contributed by atoms with Gasteiger partial charge in [0.25, 0.3) is 0 Å². The first-order chi connectivity index (χ1) is 8.25. The summed E-state index contributed by atoms with van der Waals surface area (Å²) in [6, 6.07) is 13.9. The summed E-state index contributed by atoms with van der Waals surface area (Å²) in [5.41, 5.74) is 3.19. The lowest BCUT2D eigenvalue weighted by molar-refractivity contribution is 0.167. The fourth-order valence-corrected chi connectivity index (χ4v) is 1.87. The van der Waals surface area contributed by atoms with Crippen molar-refractivity contribution in [2.24, 2.45) is 0 Å². The van der Waals surface area contributed by atoms with E-state index in [4.69, 9.17) is 0 Å². The quantitative estimate of drug-likeness (QED) is 0.870. The number of pyridine rings is 1. The highest BCUT2D eigenvalue weighted by Gasteiger charge is 2.07. The van der Waals surface area contributed by atoms with E-state index in [1.54, 1.807) is 6.20 Å². The van der Waals surface area contributed by atoms with Crippen LogP contribution in [-0.4, -0.2) is 10.1 Å². The second-order valence-corrected chi connectivity index (χ2v) is 4.29. The fourth-order valence-electron chi connectivity index (χ4n) is 1.87. The molecular formula is C15H17NO. The van der Waals surface area contributed by atoms with Gasteiger partial charge in [-0.25, -0.2) is 0 Å². The van der Waals surface area contributed by atoms with E-state index < -0.39 is 6.10 Å². The number of aromatic nitrogens is 1. The Kier molecular flexibility index (Phi) is 3.89. The monoisotopic (exact) mass is 227 g/mol. The highest BCUT2D eigenvalue weighted by Crippen LogP contribution is 2.19. The summed E-state index contributed by atoms with van der Waals surface area (Å²) < 4.78 is 0. The topological polar surface area (TPSA) is 33.1 Å². The molecule has 1 aromatic carbocycles. The lowest BCUT2D eigenvalue weighted by atomic mass is 10.0. The van der Waals surface area contributed by atoms with Crippen molar-refractivity contribution in [3.63, 3.8) is 0 Å². The van der Waals surface area contributed by atoms with E-state index in [9.17, 15) is 5.11 Å². The summed E-state index contributed by atoms with van der Waals surface area (Å²) in [7, 11) is 0. The molecule has 2 nitrogen and oxygen atoms in total. The minimum absolute atomic E-state index is 0.406. The molecular weight excluding hydrogens is 210 g/mol. The van der Waals surface area contributed by atoms with Gasteiger partial charge in [0.15, 0.2) is 0 Å². The van der Waals surface area contributed by atoms with Gasteiger partial charge in [-0.05, 0) is 37.5 Å². The number of hydrogen-bond donors (Lipinski definition) is 1. The number of rotatable bonds is 4. The van der Waals surface area contributed by atoms with Crippen LogP contribution in [0.1, 0.15) is 29.3 Å². The normalized spacial score (nSPS) is 12.4.